The van der Waals surface area contributed by atoms with Crippen molar-refractivity contribution in [1.29, 1.82) is 0 Å². The van der Waals surface area contributed by atoms with E-state index in [1.54, 1.807) is 0 Å². The zero-order valence-electron chi connectivity index (χ0n) is 16.3. The van der Waals surface area contributed by atoms with Gasteiger partial charge >= 0.3 is 0 Å². The number of rotatable bonds is 7. The minimum atomic E-state index is -0.162. The molecule has 0 saturated heterocycles. The second-order valence-corrected chi connectivity index (χ2v) is 6.41. The maximum Gasteiger partial charge on any atom is 0.268 e. The average Bonchev–Trinajstić information content (AvgIpc) is 3.00. The van der Waals surface area contributed by atoms with Crippen LogP contribution in [0.25, 0.3) is 10.9 Å². The number of nitrogens with one attached hydrogen (secondary N) is 1. The van der Waals surface area contributed by atoms with E-state index in [9.17, 15) is 4.79 Å². The van der Waals surface area contributed by atoms with Gasteiger partial charge in [-0.2, -0.15) is 0 Å². The summed E-state index contributed by atoms with van der Waals surface area (Å²) in [7, 11) is 1.91. The van der Waals surface area contributed by atoms with Crippen molar-refractivity contribution in [3.8, 4) is 11.5 Å². The van der Waals surface area contributed by atoms with Crippen LogP contribution in [0.2, 0.25) is 0 Å². The second-order valence-electron chi connectivity index (χ2n) is 6.41. The van der Waals surface area contributed by atoms with Gasteiger partial charge in [-0.3, -0.25) is 4.79 Å². The highest BCUT2D eigenvalue weighted by Crippen LogP contribution is 2.31. The monoisotopic (exact) mass is 366 g/mol. The van der Waals surface area contributed by atoms with Crippen molar-refractivity contribution in [3.05, 3.63) is 59.8 Å². The third-order valence-electron chi connectivity index (χ3n) is 4.60. The fourth-order valence-electron chi connectivity index (χ4n) is 3.20. The van der Waals surface area contributed by atoms with Crippen LogP contribution in [-0.4, -0.2) is 23.7 Å². The highest BCUT2D eigenvalue weighted by Gasteiger charge is 2.17. The average molecular weight is 366 g/mol. The zero-order valence-corrected chi connectivity index (χ0v) is 16.3. The molecule has 3 rings (SSSR count). The lowest BCUT2D eigenvalue weighted by Crippen LogP contribution is -2.28. The predicted octanol–water partition coefficient (Wildman–Crippen LogP) is 4.47. The highest BCUT2D eigenvalue weighted by atomic mass is 16.5. The normalized spacial score (nSPS) is 12.0. The molecule has 1 amide bonds. The van der Waals surface area contributed by atoms with Gasteiger partial charge in [0.05, 0.1) is 19.3 Å². The molecule has 3 aromatic rings. The number of fused-ring (bicyclic) bond motifs is 1. The first-order valence-corrected chi connectivity index (χ1v) is 9.30. The molecule has 5 heteroatoms. The minimum absolute atomic E-state index is 0.104. The van der Waals surface area contributed by atoms with Gasteiger partial charge in [0.1, 0.15) is 5.69 Å². The van der Waals surface area contributed by atoms with E-state index in [2.05, 4.69) is 5.32 Å². The Morgan fingerprint density at radius 2 is 1.74 bits per heavy atom. The number of carbonyl (C=O) groups excluding carboxylic acids is 1. The molecule has 0 fully saturated rings. The number of para-hydroxylation sites is 1. The number of hydrogen-bond donors (Lipinski definition) is 1. The van der Waals surface area contributed by atoms with Crippen molar-refractivity contribution in [1.82, 2.24) is 9.88 Å². The molecule has 5 nitrogen and oxygen atoms in total. The van der Waals surface area contributed by atoms with Gasteiger partial charge in [0.15, 0.2) is 11.5 Å². The summed E-state index contributed by atoms with van der Waals surface area (Å²) in [6.07, 6.45) is 0. The molecule has 0 spiro atoms. The summed E-state index contributed by atoms with van der Waals surface area (Å²) in [6, 6.07) is 15.5. The van der Waals surface area contributed by atoms with Gasteiger partial charge in [-0.1, -0.05) is 24.3 Å². The first-order valence-electron chi connectivity index (χ1n) is 9.30. The largest absolute Gasteiger partial charge is 0.490 e. The van der Waals surface area contributed by atoms with E-state index >= 15 is 0 Å². The van der Waals surface area contributed by atoms with E-state index in [0.29, 0.717) is 24.7 Å². The maximum absolute atomic E-state index is 12.8. The molecule has 0 aliphatic heterocycles. The van der Waals surface area contributed by atoms with Gasteiger partial charge in [-0.05, 0) is 50.6 Å². The van der Waals surface area contributed by atoms with Crippen molar-refractivity contribution < 1.29 is 14.3 Å². The van der Waals surface area contributed by atoms with Crippen LogP contribution in [0.4, 0.5) is 0 Å². The molecule has 0 radical (unpaired) electrons. The standard InChI is InChI=1S/C22H26N2O3/c1-5-26-20-12-11-16(14-21(20)27-6-2)15(3)23-22(25)19-13-17-9-7-8-10-18(17)24(19)4/h7-15H,5-6H2,1-4H3,(H,23,25). The zero-order chi connectivity index (χ0) is 19.4. The van der Waals surface area contributed by atoms with Crippen LogP contribution in [0.1, 0.15) is 42.9 Å². The molecule has 27 heavy (non-hydrogen) atoms. The van der Waals surface area contributed by atoms with Crippen molar-refractivity contribution in [3.63, 3.8) is 0 Å². The van der Waals surface area contributed by atoms with Crippen LogP contribution >= 0.6 is 0 Å². The number of carbonyl (C=O) groups is 1. The lowest BCUT2D eigenvalue weighted by Gasteiger charge is -2.17. The Labute approximate surface area is 159 Å². The van der Waals surface area contributed by atoms with Gasteiger partial charge < -0.3 is 19.4 Å². The summed E-state index contributed by atoms with van der Waals surface area (Å²) in [6.45, 7) is 6.98. The van der Waals surface area contributed by atoms with Crippen LogP contribution in [0.15, 0.2) is 48.5 Å². The van der Waals surface area contributed by atoms with Crippen LogP contribution < -0.4 is 14.8 Å². The minimum Gasteiger partial charge on any atom is -0.490 e. The highest BCUT2D eigenvalue weighted by molar-refractivity contribution is 5.98. The molecule has 142 valence electrons. The first-order chi connectivity index (χ1) is 13.0. The van der Waals surface area contributed by atoms with E-state index in [0.717, 1.165) is 22.2 Å². The number of aryl methyl sites for hydroxylation is 1. The molecular formula is C22H26N2O3. The summed E-state index contributed by atoms with van der Waals surface area (Å²) in [5.74, 6) is 1.31. The number of nitrogens with zero attached hydrogens (tertiary/aromatic N) is 1. The number of amides is 1. The van der Waals surface area contributed by atoms with Gasteiger partial charge in [-0.15, -0.1) is 0 Å². The molecular weight excluding hydrogens is 340 g/mol. The van der Waals surface area contributed by atoms with Crippen LogP contribution in [0, 0.1) is 0 Å². The Bertz CT molecular complexity index is 946. The van der Waals surface area contributed by atoms with Crippen molar-refractivity contribution in [2.45, 2.75) is 26.8 Å². The van der Waals surface area contributed by atoms with Gasteiger partial charge in [0, 0.05) is 18.0 Å². The molecule has 1 aromatic heterocycles. The van der Waals surface area contributed by atoms with Crippen LogP contribution in [0.5, 0.6) is 11.5 Å². The van der Waals surface area contributed by atoms with E-state index < -0.39 is 0 Å². The Balaban J connectivity index is 1.81. The van der Waals surface area contributed by atoms with Gasteiger partial charge in [0.25, 0.3) is 5.91 Å². The van der Waals surface area contributed by atoms with Crippen molar-refractivity contribution >= 4 is 16.8 Å². The molecule has 1 unspecified atom stereocenters. The van der Waals surface area contributed by atoms with Gasteiger partial charge in [0.2, 0.25) is 0 Å². The van der Waals surface area contributed by atoms with E-state index in [4.69, 9.17) is 9.47 Å². The fourth-order valence-corrected chi connectivity index (χ4v) is 3.20. The lowest BCUT2D eigenvalue weighted by molar-refractivity contribution is 0.0932. The van der Waals surface area contributed by atoms with E-state index in [-0.39, 0.29) is 11.9 Å². The predicted molar refractivity (Wildman–Crippen MR) is 108 cm³/mol. The quantitative estimate of drug-likeness (QED) is 0.671. The Morgan fingerprint density at radius 3 is 2.44 bits per heavy atom. The molecule has 0 saturated carbocycles. The molecule has 0 bridgehead atoms. The van der Waals surface area contributed by atoms with Crippen LogP contribution in [-0.2, 0) is 7.05 Å². The molecule has 1 heterocycles. The molecule has 0 aliphatic rings. The van der Waals surface area contributed by atoms with Gasteiger partial charge in [-0.25, -0.2) is 0 Å². The van der Waals surface area contributed by atoms with E-state index in [1.807, 2.05) is 80.9 Å². The summed E-state index contributed by atoms with van der Waals surface area (Å²) < 4.78 is 13.2. The van der Waals surface area contributed by atoms with Crippen LogP contribution in [0.3, 0.4) is 0 Å². The Kier molecular flexibility index (Phi) is 5.69. The summed E-state index contributed by atoms with van der Waals surface area (Å²) >= 11 is 0. The molecule has 1 atom stereocenters. The molecule has 0 aliphatic carbocycles. The summed E-state index contributed by atoms with van der Waals surface area (Å²) in [4.78, 5) is 12.8. The topological polar surface area (TPSA) is 52.5 Å². The third kappa shape index (κ3) is 3.92. The molecule has 2 aromatic carbocycles. The Hall–Kier alpha value is -2.95. The SMILES string of the molecule is CCOc1ccc(C(C)NC(=O)c2cc3ccccc3n2C)cc1OCC. The first kappa shape index (κ1) is 18.8. The lowest BCUT2D eigenvalue weighted by atomic mass is 10.1. The third-order valence-corrected chi connectivity index (χ3v) is 4.60. The van der Waals surface area contributed by atoms with E-state index in [1.165, 1.54) is 0 Å². The number of benzene rings is 2. The maximum atomic E-state index is 12.8. The van der Waals surface area contributed by atoms with Crippen molar-refractivity contribution in [2.75, 3.05) is 13.2 Å². The summed E-state index contributed by atoms with van der Waals surface area (Å²) in [5, 5.41) is 4.13. The number of hydrogen-bond acceptors (Lipinski definition) is 3. The smallest absolute Gasteiger partial charge is 0.268 e. The fraction of sp³-hybridized carbons (Fsp3) is 0.318. The Morgan fingerprint density at radius 1 is 1.04 bits per heavy atom. The molecule has 1 N–H and O–H groups in total. The summed E-state index contributed by atoms with van der Waals surface area (Å²) in [5.41, 5.74) is 2.64. The number of ether oxygens (including phenoxy) is 2. The number of aromatic nitrogens is 1. The second kappa shape index (κ2) is 8.16. The van der Waals surface area contributed by atoms with Crippen molar-refractivity contribution in [2.24, 2.45) is 7.05 Å².